The van der Waals surface area contributed by atoms with E-state index in [9.17, 15) is 4.79 Å². The van der Waals surface area contributed by atoms with Crippen LogP contribution >= 0.6 is 0 Å². The molecule has 0 radical (unpaired) electrons. The molecular formula is C24H29N5O. The number of nitrogens with zero attached hydrogens (tertiary/aromatic N) is 4. The Labute approximate surface area is 178 Å². The second kappa shape index (κ2) is 9.13. The average molecular weight is 404 g/mol. The van der Waals surface area contributed by atoms with Crippen LogP contribution in [0, 0.1) is 0 Å². The van der Waals surface area contributed by atoms with Crippen molar-refractivity contribution in [3.63, 3.8) is 0 Å². The van der Waals surface area contributed by atoms with Crippen molar-refractivity contribution in [3.05, 3.63) is 78.1 Å². The number of carbonyl (C=O) groups is 1. The van der Waals surface area contributed by atoms with Gasteiger partial charge in [-0.3, -0.25) is 9.69 Å². The molecule has 1 fully saturated rings. The SMILES string of the molecule is CC(C)N1CCN(c2ccc(C(=O)NCc3cnn(-c4ccccc4)c3)cc2)CC1. The van der Waals surface area contributed by atoms with E-state index in [2.05, 4.69) is 34.1 Å². The van der Waals surface area contributed by atoms with E-state index in [0.29, 0.717) is 18.2 Å². The third-order valence-corrected chi connectivity index (χ3v) is 5.65. The van der Waals surface area contributed by atoms with Crippen LogP contribution in [-0.4, -0.2) is 52.8 Å². The predicted molar refractivity (Wildman–Crippen MR) is 120 cm³/mol. The zero-order chi connectivity index (χ0) is 20.9. The van der Waals surface area contributed by atoms with Crippen LogP contribution in [0.5, 0.6) is 0 Å². The lowest BCUT2D eigenvalue weighted by Gasteiger charge is -2.38. The fraction of sp³-hybridized carbons (Fsp3) is 0.333. The highest BCUT2D eigenvalue weighted by atomic mass is 16.1. The standard InChI is InChI=1S/C24H29N5O/c1-19(2)27-12-14-28(15-13-27)22-10-8-21(9-11-22)24(30)25-16-20-17-26-29(18-20)23-6-4-3-5-7-23/h3-11,17-19H,12-16H2,1-2H3,(H,25,30). The van der Waals surface area contributed by atoms with Gasteiger partial charge >= 0.3 is 0 Å². The lowest BCUT2D eigenvalue weighted by Crippen LogP contribution is -2.48. The maximum absolute atomic E-state index is 12.5. The minimum absolute atomic E-state index is 0.0707. The highest BCUT2D eigenvalue weighted by Crippen LogP contribution is 2.18. The zero-order valence-corrected chi connectivity index (χ0v) is 17.7. The molecule has 1 aliphatic rings. The topological polar surface area (TPSA) is 53.4 Å². The third kappa shape index (κ3) is 4.71. The van der Waals surface area contributed by atoms with Crippen LogP contribution < -0.4 is 10.2 Å². The first-order chi connectivity index (χ1) is 14.6. The Morgan fingerprint density at radius 2 is 1.67 bits per heavy atom. The molecule has 2 aromatic carbocycles. The molecule has 6 heteroatoms. The van der Waals surface area contributed by atoms with Gasteiger partial charge in [-0.2, -0.15) is 5.10 Å². The number of carbonyl (C=O) groups excluding carboxylic acids is 1. The molecule has 6 nitrogen and oxygen atoms in total. The van der Waals surface area contributed by atoms with Crippen LogP contribution in [0.4, 0.5) is 5.69 Å². The van der Waals surface area contributed by atoms with E-state index in [1.165, 1.54) is 5.69 Å². The van der Waals surface area contributed by atoms with Crippen LogP contribution in [0.1, 0.15) is 29.8 Å². The summed E-state index contributed by atoms with van der Waals surface area (Å²) in [5, 5.41) is 7.36. The molecule has 0 saturated carbocycles. The van der Waals surface area contributed by atoms with Crippen LogP contribution in [0.2, 0.25) is 0 Å². The second-order valence-corrected chi connectivity index (χ2v) is 7.98. The summed E-state index contributed by atoms with van der Waals surface area (Å²) in [5.41, 5.74) is 3.82. The molecule has 0 atom stereocenters. The van der Waals surface area contributed by atoms with Gasteiger partial charge in [0, 0.05) is 61.8 Å². The van der Waals surface area contributed by atoms with E-state index in [4.69, 9.17) is 0 Å². The van der Waals surface area contributed by atoms with Gasteiger partial charge in [-0.05, 0) is 50.2 Å². The number of rotatable bonds is 6. The van der Waals surface area contributed by atoms with E-state index in [-0.39, 0.29) is 5.91 Å². The van der Waals surface area contributed by atoms with Gasteiger partial charge in [0.25, 0.3) is 5.91 Å². The minimum atomic E-state index is -0.0707. The summed E-state index contributed by atoms with van der Waals surface area (Å²) in [5.74, 6) is -0.0707. The number of para-hydroxylation sites is 1. The Morgan fingerprint density at radius 3 is 2.33 bits per heavy atom. The largest absolute Gasteiger partial charge is 0.369 e. The van der Waals surface area contributed by atoms with Crippen molar-refractivity contribution in [2.45, 2.75) is 26.4 Å². The first-order valence-corrected chi connectivity index (χ1v) is 10.6. The molecule has 0 unspecified atom stereocenters. The Hall–Kier alpha value is -3.12. The number of benzene rings is 2. The highest BCUT2D eigenvalue weighted by Gasteiger charge is 2.19. The number of amides is 1. The van der Waals surface area contributed by atoms with Crippen molar-refractivity contribution in [3.8, 4) is 5.69 Å². The zero-order valence-electron chi connectivity index (χ0n) is 17.7. The Bertz CT molecular complexity index is 957. The number of hydrogen-bond donors (Lipinski definition) is 1. The summed E-state index contributed by atoms with van der Waals surface area (Å²) in [6.07, 6.45) is 3.72. The van der Waals surface area contributed by atoms with Gasteiger partial charge in [0.05, 0.1) is 11.9 Å². The average Bonchev–Trinajstić information content (AvgIpc) is 3.27. The van der Waals surface area contributed by atoms with Crippen molar-refractivity contribution < 1.29 is 4.79 Å². The van der Waals surface area contributed by atoms with Gasteiger partial charge in [0.15, 0.2) is 0 Å². The van der Waals surface area contributed by atoms with Crippen LogP contribution in [-0.2, 0) is 6.54 Å². The number of nitrogens with one attached hydrogen (secondary N) is 1. The number of piperazine rings is 1. The van der Waals surface area contributed by atoms with Crippen molar-refractivity contribution in [1.82, 2.24) is 20.0 Å². The van der Waals surface area contributed by atoms with Crippen molar-refractivity contribution in [2.24, 2.45) is 0 Å². The molecule has 0 aliphatic carbocycles. The lowest BCUT2D eigenvalue weighted by atomic mass is 10.1. The number of aromatic nitrogens is 2. The number of anilines is 1. The molecular weight excluding hydrogens is 374 g/mol. The first kappa shape index (κ1) is 20.2. The monoisotopic (exact) mass is 403 g/mol. The molecule has 30 heavy (non-hydrogen) atoms. The van der Waals surface area contributed by atoms with Gasteiger partial charge in [0.1, 0.15) is 0 Å². The van der Waals surface area contributed by atoms with E-state index in [1.807, 2.05) is 65.5 Å². The van der Waals surface area contributed by atoms with Gasteiger partial charge in [-0.25, -0.2) is 4.68 Å². The Morgan fingerprint density at radius 1 is 0.967 bits per heavy atom. The quantitative estimate of drug-likeness (QED) is 0.686. The fourth-order valence-electron chi connectivity index (χ4n) is 3.78. The Kier molecular flexibility index (Phi) is 6.14. The van der Waals surface area contributed by atoms with Crippen LogP contribution in [0.3, 0.4) is 0 Å². The lowest BCUT2D eigenvalue weighted by molar-refractivity contribution is 0.0951. The molecule has 0 bridgehead atoms. The molecule has 1 aromatic heterocycles. The van der Waals surface area contributed by atoms with Gasteiger partial charge < -0.3 is 10.2 Å². The predicted octanol–water partition coefficient (Wildman–Crippen LogP) is 3.33. The molecule has 1 saturated heterocycles. The molecule has 4 rings (SSSR count). The summed E-state index contributed by atoms with van der Waals surface area (Å²) in [6.45, 7) is 9.15. The summed E-state index contributed by atoms with van der Waals surface area (Å²) < 4.78 is 1.81. The molecule has 0 spiro atoms. The highest BCUT2D eigenvalue weighted by molar-refractivity contribution is 5.94. The summed E-state index contributed by atoms with van der Waals surface area (Å²) in [7, 11) is 0. The van der Waals surface area contributed by atoms with Gasteiger partial charge in [0.2, 0.25) is 0 Å². The fourth-order valence-corrected chi connectivity index (χ4v) is 3.78. The number of hydrogen-bond acceptors (Lipinski definition) is 4. The van der Waals surface area contributed by atoms with Crippen LogP contribution in [0.25, 0.3) is 5.69 Å². The van der Waals surface area contributed by atoms with Crippen molar-refractivity contribution >= 4 is 11.6 Å². The first-order valence-electron chi connectivity index (χ1n) is 10.6. The van der Waals surface area contributed by atoms with Crippen molar-refractivity contribution in [1.29, 1.82) is 0 Å². The molecule has 1 N–H and O–H groups in total. The summed E-state index contributed by atoms with van der Waals surface area (Å²) >= 11 is 0. The maximum atomic E-state index is 12.5. The normalized spacial score (nSPS) is 14.8. The summed E-state index contributed by atoms with van der Waals surface area (Å²) in [6, 6.07) is 18.4. The van der Waals surface area contributed by atoms with E-state index >= 15 is 0 Å². The summed E-state index contributed by atoms with van der Waals surface area (Å²) in [4.78, 5) is 17.4. The maximum Gasteiger partial charge on any atom is 0.251 e. The molecule has 3 aromatic rings. The molecule has 1 amide bonds. The molecule has 2 heterocycles. The van der Waals surface area contributed by atoms with E-state index in [1.54, 1.807) is 6.20 Å². The van der Waals surface area contributed by atoms with Crippen molar-refractivity contribution in [2.75, 3.05) is 31.1 Å². The third-order valence-electron chi connectivity index (χ3n) is 5.65. The van der Waals surface area contributed by atoms with Gasteiger partial charge in [-0.1, -0.05) is 18.2 Å². The smallest absolute Gasteiger partial charge is 0.251 e. The van der Waals surface area contributed by atoms with E-state index in [0.717, 1.165) is 37.4 Å². The Balaban J connectivity index is 1.31. The molecule has 156 valence electrons. The molecule has 1 aliphatic heterocycles. The minimum Gasteiger partial charge on any atom is -0.369 e. The second-order valence-electron chi connectivity index (χ2n) is 7.98. The van der Waals surface area contributed by atoms with Crippen LogP contribution in [0.15, 0.2) is 67.0 Å². The van der Waals surface area contributed by atoms with Gasteiger partial charge in [-0.15, -0.1) is 0 Å². The van der Waals surface area contributed by atoms with E-state index < -0.39 is 0 Å².